The Balaban J connectivity index is -0.0000000126. The van der Waals surface area contributed by atoms with Crippen molar-refractivity contribution in [2.75, 3.05) is 13.2 Å². The maximum Gasteiger partial charge on any atom is 2.00 e. The van der Waals surface area contributed by atoms with Gasteiger partial charge in [0.1, 0.15) is 0 Å². The van der Waals surface area contributed by atoms with E-state index in [0.717, 1.165) is 0 Å². The number of aliphatic hydroxyl groups is 4. The first-order valence-corrected chi connectivity index (χ1v) is 4.58. The molecule has 0 aliphatic carbocycles. The van der Waals surface area contributed by atoms with Crippen LogP contribution in [0.4, 0.5) is 0 Å². The van der Waals surface area contributed by atoms with E-state index in [1.165, 1.54) is 13.8 Å². The fourth-order valence-corrected chi connectivity index (χ4v) is 0. The second-order valence-electron chi connectivity index (χ2n) is 2.68. The van der Waals surface area contributed by atoms with Crippen LogP contribution >= 0.6 is 0 Å². The summed E-state index contributed by atoms with van der Waals surface area (Å²) in [7, 11) is -5.33. The SMILES string of the molecule is CC(O)CO.CC(O)CO.[Cl-].[Cl-].[Na+].[Na+].[O-]B(O)O.[O-]B([O-])[O-].[Zn+2].[Zn+2]. The van der Waals surface area contributed by atoms with Gasteiger partial charge in [-0.25, -0.2) is 0 Å². The minimum atomic E-state index is -2.92. The molecule has 0 fully saturated rings. The van der Waals surface area contributed by atoms with Crippen molar-refractivity contribution in [2.24, 2.45) is 0 Å². The van der Waals surface area contributed by atoms with Gasteiger partial charge in [-0.1, -0.05) is 0 Å². The van der Waals surface area contributed by atoms with E-state index < -0.39 is 26.9 Å². The van der Waals surface area contributed by atoms with Gasteiger partial charge in [0, 0.05) is 0 Å². The molecule has 0 rings (SSSR count). The molecule has 2 atom stereocenters. The van der Waals surface area contributed by atoms with Gasteiger partial charge in [-0.3, -0.25) is 7.32 Å². The topological polar surface area (TPSA) is 214 Å². The van der Waals surface area contributed by atoms with E-state index in [1.54, 1.807) is 0 Å². The Morgan fingerprint density at radius 2 is 0.792 bits per heavy atom. The predicted octanol–water partition coefficient (Wildman–Crippen LogP) is -19.9. The Morgan fingerprint density at radius 3 is 0.792 bits per heavy atom. The molecule has 0 aliphatic heterocycles. The van der Waals surface area contributed by atoms with Crippen LogP contribution in [0.3, 0.4) is 0 Å². The zero-order valence-electron chi connectivity index (χ0n) is 14.2. The van der Waals surface area contributed by atoms with E-state index in [2.05, 4.69) is 0 Å². The van der Waals surface area contributed by atoms with Gasteiger partial charge >= 0.3 is 105 Å². The molecule has 10 nitrogen and oxygen atoms in total. The summed E-state index contributed by atoms with van der Waals surface area (Å²) in [6.07, 6.45) is -1.12. The number of halogens is 2. The number of hydrogen-bond acceptors (Lipinski definition) is 10. The van der Waals surface area contributed by atoms with Gasteiger partial charge in [-0.2, -0.15) is 0 Å². The average molecular weight is 519 g/mol. The molecule has 0 amide bonds. The fraction of sp³-hybridized carbons (Fsp3) is 1.00. The van der Waals surface area contributed by atoms with E-state index in [9.17, 15) is 0 Å². The van der Waals surface area contributed by atoms with Gasteiger partial charge < -0.3 is 75.4 Å². The monoisotopic (exact) mass is 516 g/mol. The van der Waals surface area contributed by atoms with Crippen LogP contribution in [-0.4, -0.2) is 70.5 Å². The summed E-state index contributed by atoms with van der Waals surface area (Å²) in [5.74, 6) is 0. The quantitative estimate of drug-likeness (QED) is 0.190. The van der Waals surface area contributed by atoms with Crippen LogP contribution in [0.1, 0.15) is 13.8 Å². The second-order valence-corrected chi connectivity index (χ2v) is 2.68. The van der Waals surface area contributed by atoms with Crippen molar-refractivity contribution in [2.45, 2.75) is 26.1 Å². The molecule has 0 radical (unpaired) electrons. The summed E-state index contributed by atoms with van der Waals surface area (Å²) in [5, 5.41) is 80.0. The molecule has 0 aromatic rings. The third-order valence-electron chi connectivity index (χ3n) is 0.528. The maximum absolute atomic E-state index is 8.64. The molecule has 0 spiro atoms. The Bertz CT molecular complexity index is 132. The van der Waals surface area contributed by atoms with Crippen molar-refractivity contribution in [1.29, 1.82) is 0 Å². The van der Waals surface area contributed by atoms with Gasteiger partial charge in [-0.15, -0.1) is 0 Å². The van der Waals surface area contributed by atoms with E-state index in [0.29, 0.717) is 0 Å². The van der Waals surface area contributed by atoms with Crippen LogP contribution in [0.15, 0.2) is 0 Å². The largest absolute Gasteiger partial charge is 2.00 e. The molecule has 2 unspecified atom stereocenters. The van der Waals surface area contributed by atoms with Gasteiger partial charge in [0.25, 0.3) is 0 Å². The van der Waals surface area contributed by atoms with Crippen LogP contribution in [0.5, 0.6) is 0 Å². The predicted molar refractivity (Wildman–Crippen MR) is 53.5 cm³/mol. The van der Waals surface area contributed by atoms with Crippen LogP contribution in [0, 0.1) is 0 Å². The summed E-state index contributed by atoms with van der Waals surface area (Å²) < 4.78 is 0. The van der Waals surface area contributed by atoms with Crippen LogP contribution in [-0.2, 0) is 39.0 Å². The molecule has 0 saturated heterocycles. The number of hydrogen-bond donors (Lipinski definition) is 6. The first kappa shape index (κ1) is 63.1. The van der Waals surface area contributed by atoms with Gasteiger partial charge in [0.15, 0.2) is 0 Å². The Kier molecular flexibility index (Phi) is 148. The molecule has 18 heteroatoms. The summed E-state index contributed by atoms with van der Waals surface area (Å²) in [6, 6.07) is 0. The minimum Gasteiger partial charge on any atom is -1.00 e. The van der Waals surface area contributed by atoms with Gasteiger partial charge in [-0.05, 0) is 13.8 Å². The molecular weight excluding hydrogens is 501 g/mol. The minimum absolute atomic E-state index is 0. The summed E-state index contributed by atoms with van der Waals surface area (Å²) in [4.78, 5) is 0. The van der Waals surface area contributed by atoms with Crippen molar-refractivity contribution in [3.63, 3.8) is 0 Å². The maximum atomic E-state index is 8.64. The first-order chi connectivity index (χ1) is 8.00. The zero-order valence-corrected chi connectivity index (χ0v) is 25.7. The third kappa shape index (κ3) is 270. The number of rotatable bonds is 2. The Hall–Kier alpha value is 3.56. The van der Waals surface area contributed by atoms with Crippen molar-refractivity contribution in [3.05, 3.63) is 0 Å². The smallest absolute Gasteiger partial charge is 1.00 e. The summed E-state index contributed by atoms with van der Waals surface area (Å²) >= 11 is 0. The molecule has 128 valence electrons. The molecule has 0 aromatic heterocycles. The second kappa shape index (κ2) is 56.3. The molecule has 6 N–H and O–H groups in total. The van der Waals surface area contributed by atoms with Gasteiger partial charge in [0.2, 0.25) is 0 Å². The standard InChI is InChI=1S/2C3H8O2.BH2O3.BO3.2ClH.2Na.2Zn/c2*1-3(5)2-4;2*2-1(3)4;;;;;;/h2*3-5H,2H2,1H3;2-3H;;2*1H;;;;/q;;-1;-3;;;2*+1;2*+2/p-2. The van der Waals surface area contributed by atoms with Crippen molar-refractivity contribution >= 4 is 14.6 Å². The van der Waals surface area contributed by atoms with Crippen LogP contribution < -0.4 is 104 Å². The van der Waals surface area contributed by atoms with E-state index >= 15 is 0 Å². The van der Waals surface area contributed by atoms with E-state index in [4.69, 9.17) is 50.6 Å². The number of aliphatic hydroxyl groups excluding tert-OH is 4. The van der Waals surface area contributed by atoms with Crippen LogP contribution in [0.25, 0.3) is 0 Å². The van der Waals surface area contributed by atoms with Crippen molar-refractivity contribution < 1.29 is 173 Å². The van der Waals surface area contributed by atoms with Crippen LogP contribution in [0.2, 0.25) is 0 Å². The normalized spacial score (nSPS) is 8.50. The van der Waals surface area contributed by atoms with Crippen molar-refractivity contribution in [1.82, 2.24) is 0 Å². The molecule has 0 heterocycles. The average Bonchev–Trinajstić information content (AvgIpc) is 2.16. The fourth-order valence-electron chi connectivity index (χ4n) is 0. The van der Waals surface area contributed by atoms with Gasteiger partial charge in [0.05, 0.1) is 25.4 Å². The molecule has 0 aromatic carbocycles. The Morgan fingerprint density at radius 1 is 0.750 bits per heavy atom. The first-order valence-electron chi connectivity index (χ1n) is 4.58. The molecule has 0 aliphatic rings. The molecule has 0 saturated carbocycles. The Labute approximate surface area is 224 Å². The van der Waals surface area contributed by atoms with E-state index in [1.807, 2.05) is 0 Å². The molecular formula is C6H18B2Cl2Na2O10Zn2. The molecule has 0 bridgehead atoms. The summed E-state index contributed by atoms with van der Waals surface area (Å²) in [6.45, 7) is 2.78. The zero-order chi connectivity index (χ0) is 15.7. The van der Waals surface area contributed by atoms with E-state index in [-0.39, 0.29) is 136 Å². The molecule has 24 heavy (non-hydrogen) atoms. The third-order valence-corrected chi connectivity index (χ3v) is 0.528. The van der Waals surface area contributed by atoms with Crippen molar-refractivity contribution in [3.8, 4) is 0 Å². The summed E-state index contributed by atoms with van der Waals surface area (Å²) in [5.41, 5.74) is 0.